The molecule has 1 N–H and O–H groups in total. The van der Waals surface area contributed by atoms with Gasteiger partial charge in [-0.3, -0.25) is 14.6 Å². The number of benzene rings is 2. The number of amides is 2. The number of aliphatic hydroxyl groups excluding tert-OH is 1. The predicted molar refractivity (Wildman–Crippen MR) is 171 cm³/mol. The van der Waals surface area contributed by atoms with Crippen molar-refractivity contribution in [2.24, 2.45) is 4.99 Å². The van der Waals surface area contributed by atoms with Gasteiger partial charge >= 0.3 is 0 Å². The van der Waals surface area contributed by atoms with Crippen molar-refractivity contribution in [1.82, 2.24) is 9.80 Å². The zero-order valence-corrected chi connectivity index (χ0v) is 26.1. The highest BCUT2D eigenvalue weighted by Crippen LogP contribution is 2.41. The molecule has 1 unspecified atom stereocenters. The van der Waals surface area contributed by atoms with Crippen LogP contribution >= 0.6 is 0 Å². The number of fused-ring (bicyclic) bond motifs is 4. The predicted octanol–water partition coefficient (Wildman–Crippen LogP) is 4.36. The number of aliphatic imine (C=N–C) groups is 1. The first-order valence-electron chi connectivity index (χ1n) is 15.3. The molecule has 238 valence electrons. The maximum Gasteiger partial charge on any atom is 0.257 e. The van der Waals surface area contributed by atoms with Crippen LogP contribution in [0.25, 0.3) is 0 Å². The normalized spacial score (nSPS) is 22.0. The van der Waals surface area contributed by atoms with Crippen LogP contribution in [0.1, 0.15) is 52.8 Å². The molecule has 0 saturated carbocycles. The van der Waals surface area contributed by atoms with E-state index in [1.54, 1.807) is 60.2 Å². The summed E-state index contributed by atoms with van der Waals surface area (Å²) in [5.74, 6) is 1.78. The van der Waals surface area contributed by atoms with Crippen LogP contribution in [0.5, 0.6) is 23.0 Å². The van der Waals surface area contributed by atoms with Crippen molar-refractivity contribution >= 4 is 29.4 Å². The van der Waals surface area contributed by atoms with Crippen LogP contribution in [0.15, 0.2) is 53.6 Å². The SMILES string of the molecule is C=C1C[C@H]2C=Nc3cc(OCCCCCOc4cc5c(cc4OC)C(=O)N4CC(=C)C[C@H]4C(O)N5C)c(OC)cc3C(=O)N2C1. The zero-order valence-electron chi connectivity index (χ0n) is 26.1. The second-order valence-corrected chi connectivity index (χ2v) is 12.0. The Hall–Kier alpha value is -4.51. The Balaban J connectivity index is 1.04. The second kappa shape index (κ2) is 12.5. The minimum atomic E-state index is -0.862. The van der Waals surface area contributed by atoms with E-state index in [2.05, 4.69) is 18.2 Å². The second-order valence-electron chi connectivity index (χ2n) is 12.0. The van der Waals surface area contributed by atoms with Gasteiger partial charge in [0.2, 0.25) is 0 Å². The summed E-state index contributed by atoms with van der Waals surface area (Å²) >= 11 is 0. The van der Waals surface area contributed by atoms with Crippen molar-refractivity contribution < 1.29 is 33.6 Å². The van der Waals surface area contributed by atoms with Gasteiger partial charge in [-0.1, -0.05) is 24.3 Å². The van der Waals surface area contributed by atoms with Crippen LogP contribution < -0.4 is 23.8 Å². The first kappa shape index (κ1) is 30.5. The molecule has 4 aliphatic heterocycles. The summed E-state index contributed by atoms with van der Waals surface area (Å²) < 4.78 is 23.3. The van der Waals surface area contributed by atoms with Gasteiger partial charge in [-0.05, 0) is 44.2 Å². The van der Waals surface area contributed by atoms with Gasteiger partial charge in [-0.15, -0.1) is 0 Å². The lowest BCUT2D eigenvalue weighted by atomic mass is 10.1. The molecule has 11 heteroatoms. The largest absolute Gasteiger partial charge is 0.493 e. The maximum atomic E-state index is 13.4. The summed E-state index contributed by atoms with van der Waals surface area (Å²) in [5.41, 5.74) is 4.08. The quantitative estimate of drug-likeness (QED) is 0.310. The van der Waals surface area contributed by atoms with Gasteiger partial charge in [-0.25, -0.2) is 0 Å². The molecule has 4 heterocycles. The van der Waals surface area contributed by atoms with Crippen molar-refractivity contribution in [3.05, 3.63) is 59.7 Å². The van der Waals surface area contributed by atoms with Gasteiger partial charge in [0.05, 0.1) is 62.0 Å². The molecule has 45 heavy (non-hydrogen) atoms. The minimum Gasteiger partial charge on any atom is -0.493 e. The van der Waals surface area contributed by atoms with Crippen LogP contribution in [0.2, 0.25) is 0 Å². The summed E-state index contributed by atoms with van der Waals surface area (Å²) in [6, 6.07) is 6.52. The van der Waals surface area contributed by atoms with E-state index in [0.717, 1.165) is 36.8 Å². The third-order valence-corrected chi connectivity index (χ3v) is 8.94. The van der Waals surface area contributed by atoms with Crippen LogP contribution in [0.3, 0.4) is 0 Å². The van der Waals surface area contributed by atoms with E-state index in [1.807, 2.05) is 6.21 Å². The molecular formula is C34H40N4O7. The molecule has 0 bridgehead atoms. The Labute approximate surface area is 263 Å². The van der Waals surface area contributed by atoms with Crippen LogP contribution in [0, 0.1) is 0 Å². The molecule has 2 aromatic carbocycles. The van der Waals surface area contributed by atoms with Gasteiger partial charge in [0.15, 0.2) is 23.0 Å². The summed E-state index contributed by atoms with van der Waals surface area (Å²) in [7, 11) is 4.88. The molecule has 0 aromatic heterocycles. The number of unbranched alkanes of at least 4 members (excludes halogenated alkanes) is 2. The number of carbonyl (C=O) groups is 2. The zero-order chi connectivity index (χ0) is 31.8. The van der Waals surface area contributed by atoms with Crippen molar-refractivity contribution in [3.63, 3.8) is 0 Å². The number of hydrogen-bond donors (Lipinski definition) is 1. The third-order valence-electron chi connectivity index (χ3n) is 8.94. The molecule has 2 saturated heterocycles. The van der Waals surface area contributed by atoms with Crippen LogP contribution in [-0.4, -0.2) is 98.8 Å². The Morgan fingerprint density at radius 3 is 2.11 bits per heavy atom. The Morgan fingerprint density at radius 1 is 0.822 bits per heavy atom. The molecular weight excluding hydrogens is 576 g/mol. The molecule has 3 atom stereocenters. The Morgan fingerprint density at radius 2 is 1.42 bits per heavy atom. The third kappa shape index (κ3) is 5.72. The number of hydrogen-bond acceptors (Lipinski definition) is 9. The van der Waals surface area contributed by atoms with Crippen LogP contribution in [0.4, 0.5) is 11.4 Å². The summed E-state index contributed by atoms with van der Waals surface area (Å²) in [4.78, 5) is 36.4. The summed E-state index contributed by atoms with van der Waals surface area (Å²) in [6.07, 6.45) is 4.63. The van der Waals surface area contributed by atoms with E-state index >= 15 is 0 Å². The van der Waals surface area contributed by atoms with E-state index in [0.29, 0.717) is 78.2 Å². The smallest absolute Gasteiger partial charge is 0.257 e. The monoisotopic (exact) mass is 616 g/mol. The van der Waals surface area contributed by atoms with Gasteiger partial charge in [0.1, 0.15) is 6.23 Å². The molecule has 0 spiro atoms. The number of anilines is 1. The molecule has 0 aliphatic carbocycles. The summed E-state index contributed by atoms with van der Waals surface area (Å²) in [6.45, 7) is 9.91. The van der Waals surface area contributed by atoms with Crippen molar-refractivity contribution in [3.8, 4) is 23.0 Å². The lowest BCUT2D eigenvalue weighted by Crippen LogP contribution is -2.47. The molecule has 6 rings (SSSR count). The molecule has 2 fully saturated rings. The summed E-state index contributed by atoms with van der Waals surface area (Å²) in [5, 5.41) is 11.0. The van der Waals surface area contributed by atoms with E-state index in [-0.39, 0.29) is 23.9 Å². The highest BCUT2D eigenvalue weighted by Gasteiger charge is 2.42. The van der Waals surface area contributed by atoms with Crippen molar-refractivity contribution in [2.45, 2.75) is 50.4 Å². The molecule has 11 nitrogen and oxygen atoms in total. The fourth-order valence-corrected chi connectivity index (χ4v) is 6.51. The van der Waals surface area contributed by atoms with Gasteiger partial charge < -0.3 is 38.8 Å². The fraction of sp³-hybridized carbons (Fsp3) is 0.441. The molecule has 0 radical (unpaired) electrons. The van der Waals surface area contributed by atoms with Gasteiger partial charge in [-0.2, -0.15) is 0 Å². The minimum absolute atomic E-state index is 0.0747. The lowest BCUT2D eigenvalue weighted by Gasteiger charge is -2.30. The van der Waals surface area contributed by atoms with E-state index in [1.165, 1.54) is 0 Å². The maximum absolute atomic E-state index is 13.4. The first-order chi connectivity index (χ1) is 21.7. The molecule has 2 aromatic rings. The number of likely N-dealkylation sites (N-methyl/N-ethyl adjacent to an activating group) is 1. The highest BCUT2D eigenvalue weighted by atomic mass is 16.5. The topological polar surface area (TPSA) is 113 Å². The number of carbonyl (C=O) groups excluding carboxylic acids is 2. The van der Waals surface area contributed by atoms with Gasteiger partial charge in [0, 0.05) is 38.5 Å². The van der Waals surface area contributed by atoms with E-state index in [4.69, 9.17) is 18.9 Å². The van der Waals surface area contributed by atoms with E-state index in [9.17, 15) is 14.7 Å². The fourth-order valence-electron chi connectivity index (χ4n) is 6.51. The van der Waals surface area contributed by atoms with Crippen molar-refractivity contribution in [2.75, 3.05) is 52.5 Å². The average molecular weight is 617 g/mol. The lowest BCUT2D eigenvalue weighted by molar-refractivity contribution is 0.0527. The van der Waals surface area contributed by atoms with Crippen molar-refractivity contribution in [1.29, 1.82) is 0 Å². The van der Waals surface area contributed by atoms with Crippen LogP contribution in [-0.2, 0) is 0 Å². The Kier molecular flexibility index (Phi) is 8.46. The van der Waals surface area contributed by atoms with E-state index < -0.39 is 6.23 Å². The number of methoxy groups -OCH3 is 2. The first-order valence-corrected chi connectivity index (χ1v) is 15.3. The number of nitrogens with zero attached hydrogens (tertiary/aromatic N) is 4. The molecule has 4 aliphatic rings. The highest BCUT2D eigenvalue weighted by molar-refractivity contribution is 6.04. The number of rotatable bonds is 10. The van der Waals surface area contributed by atoms with Gasteiger partial charge in [0.25, 0.3) is 11.8 Å². The standard InChI is InChI=1S/C34H40N4O7/c1-20-11-22-17-35-25-15-30(28(42-4)13-23(25)32(39)37(22)18-20)44-9-7-6-8-10-45-31-16-26-24(14-29(31)43-5)33(40)38-19-21(2)12-27(38)34(41)36(26)3/h13-17,22,27,34,41H,1-2,6-12,18-19H2,3-5H3/t22-,27-,34?/m0/s1. The Bertz CT molecular complexity index is 1570. The average Bonchev–Trinajstić information content (AvgIpc) is 3.58. The number of ether oxygens (including phenoxy) is 4. The number of aliphatic hydroxyl groups is 1. The molecule has 2 amide bonds.